The fourth-order valence-electron chi connectivity index (χ4n) is 4.22. The second-order valence-electron chi connectivity index (χ2n) is 8.33. The number of Topliss-reactive ketones (excluding diaryl/α,β-unsaturated/α-hetero) is 1. The Kier molecular flexibility index (Phi) is 13.0. The maximum atomic E-state index is 11.7. The quantitative estimate of drug-likeness (QED) is 0.228. The van der Waals surface area contributed by atoms with Crippen LogP contribution in [0.3, 0.4) is 0 Å². The van der Waals surface area contributed by atoms with Crippen LogP contribution in [0, 0.1) is 0 Å². The van der Waals surface area contributed by atoms with Gasteiger partial charge in [-0.3, -0.25) is 4.79 Å². The van der Waals surface area contributed by atoms with Crippen LogP contribution >= 0.6 is 0 Å². The summed E-state index contributed by atoms with van der Waals surface area (Å²) in [5, 5.41) is 0. The second kappa shape index (κ2) is 13.1. The van der Waals surface area contributed by atoms with Gasteiger partial charge in [-0.2, -0.15) is 0 Å². The summed E-state index contributed by atoms with van der Waals surface area (Å²) in [7, 11) is -1.69. The average molecular weight is 357 g/mol. The van der Waals surface area contributed by atoms with Crippen molar-refractivity contribution in [3.05, 3.63) is 0 Å². The molecule has 0 aliphatic carbocycles. The summed E-state index contributed by atoms with van der Waals surface area (Å²) in [5.74, 6) is 0.463. The molecule has 0 bridgehead atoms. The van der Waals surface area contributed by atoms with E-state index < -0.39 is 8.32 Å². The molecule has 0 heterocycles. The Bertz CT molecular complexity index is 302. The highest BCUT2D eigenvalue weighted by molar-refractivity contribution is 6.77. The summed E-state index contributed by atoms with van der Waals surface area (Å²) in [6, 6.07) is 0. The molecule has 0 aromatic heterocycles. The molecule has 3 heteroatoms. The summed E-state index contributed by atoms with van der Waals surface area (Å²) in [6.45, 7) is 17.2. The van der Waals surface area contributed by atoms with E-state index in [-0.39, 0.29) is 0 Å². The van der Waals surface area contributed by atoms with Gasteiger partial charge in [-0.05, 0) is 35.9 Å². The molecule has 0 atom stereocenters. The summed E-state index contributed by atoms with van der Waals surface area (Å²) < 4.78 is 6.58. The van der Waals surface area contributed by atoms with Crippen molar-refractivity contribution in [2.75, 3.05) is 6.61 Å². The third-order valence-electron chi connectivity index (χ3n) is 5.47. The number of hydrogen-bond acceptors (Lipinski definition) is 2. The van der Waals surface area contributed by atoms with Gasteiger partial charge in [-0.25, -0.2) is 0 Å². The van der Waals surface area contributed by atoms with Crippen molar-refractivity contribution >= 4 is 14.1 Å². The summed E-state index contributed by atoms with van der Waals surface area (Å²) in [4.78, 5) is 11.7. The van der Waals surface area contributed by atoms with Gasteiger partial charge < -0.3 is 4.43 Å². The van der Waals surface area contributed by atoms with Crippen LogP contribution in [0.2, 0.25) is 16.6 Å². The van der Waals surface area contributed by atoms with Crippen LogP contribution in [0.25, 0.3) is 0 Å². The summed E-state index contributed by atoms with van der Waals surface area (Å²) >= 11 is 0. The molecule has 0 rings (SSSR count). The largest absolute Gasteiger partial charge is 0.416 e. The molecule has 0 aromatic rings. The van der Waals surface area contributed by atoms with Crippen molar-refractivity contribution in [3.8, 4) is 0 Å². The van der Waals surface area contributed by atoms with E-state index in [1.807, 2.05) is 0 Å². The van der Waals surface area contributed by atoms with Crippen molar-refractivity contribution in [2.24, 2.45) is 0 Å². The molecule has 0 amide bonds. The van der Waals surface area contributed by atoms with Gasteiger partial charge in [0, 0.05) is 19.4 Å². The van der Waals surface area contributed by atoms with E-state index in [2.05, 4.69) is 48.5 Å². The molecule has 0 fully saturated rings. The van der Waals surface area contributed by atoms with Gasteiger partial charge in [-0.1, -0.05) is 74.1 Å². The van der Waals surface area contributed by atoms with Gasteiger partial charge in [0.25, 0.3) is 0 Å². The van der Waals surface area contributed by atoms with Crippen LogP contribution in [0.15, 0.2) is 0 Å². The average Bonchev–Trinajstić information content (AvgIpc) is 2.49. The molecule has 0 radical (unpaired) electrons. The number of ketones is 1. The van der Waals surface area contributed by atoms with Gasteiger partial charge in [0.15, 0.2) is 8.32 Å². The Morgan fingerprint density at radius 2 is 1.21 bits per heavy atom. The predicted octanol–water partition coefficient (Wildman–Crippen LogP) is 7.28. The zero-order chi connectivity index (χ0) is 18.6. The summed E-state index contributed by atoms with van der Waals surface area (Å²) in [6.07, 6.45) is 9.61. The zero-order valence-electron chi connectivity index (χ0n) is 17.6. The standard InChI is InChI=1S/C21H44O2Si/c1-8-9-12-15-21(22)16-13-10-11-14-17-23-24(18(2)3,19(4)5)20(6)7/h18-20H,8-17H2,1-7H3. The van der Waals surface area contributed by atoms with E-state index in [1.54, 1.807) is 0 Å². The Labute approximate surface area is 153 Å². The molecule has 0 aliphatic rings. The van der Waals surface area contributed by atoms with Gasteiger partial charge >= 0.3 is 0 Å². The molecule has 144 valence electrons. The van der Waals surface area contributed by atoms with Crippen molar-refractivity contribution in [1.29, 1.82) is 0 Å². The maximum absolute atomic E-state index is 11.7. The van der Waals surface area contributed by atoms with E-state index in [0.29, 0.717) is 22.4 Å². The first-order valence-corrected chi connectivity index (χ1v) is 12.6. The highest BCUT2D eigenvalue weighted by Gasteiger charge is 2.44. The molecule has 2 nitrogen and oxygen atoms in total. The van der Waals surface area contributed by atoms with Gasteiger partial charge in [0.1, 0.15) is 5.78 Å². The van der Waals surface area contributed by atoms with Crippen molar-refractivity contribution in [3.63, 3.8) is 0 Å². The molecule has 0 N–H and O–H groups in total. The molecule has 0 unspecified atom stereocenters. The Morgan fingerprint density at radius 1 is 0.750 bits per heavy atom. The molecule has 0 aliphatic heterocycles. The first-order chi connectivity index (χ1) is 11.3. The van der Waals surface area contributed by atoms with Crippen molar-refractivity contribution in [2.45, 2.75) is 123 Å². The monoisotopic (exact) mass is 356 g/mol. The zero-order valence-corrected chi connectivity index (χ0v) is 18.6. The minimum atomic E-state index is -1.69. The smallest absolute Gasteiger partial charge is 0.200 e. The first kappa shape index (κ1) is 23.8. The lowest BCUT2D eigenvalue weighted by atomic mass is 10.1. The Morgan fingerprint density at radius 3 is 1.67 bits per heavy atom. The molecule has 0 aromatic carbocycles. The summed E-state index contributed by atoms with van der Waals surface area (Å²) in [5.41, 5.74) is 2.00. The lowest BCUT2D eigenvalue weighted by Gasteiger charge is -2.42. The fourth-order valence-corrected chi connectivity index (χ4v) is 9.72. The molecule has 0 saturated heterocycles. The number of carbonyl (C=O) groups is 1. The van der Waals surface area contributed by atoms with Crippen LogP contribution in [0.1, 0.15) is 106 Å². The first-order valence-electron chi connectivity index (χ1n) is 10.4. The highest BCUT2D eigenvalue weighted by Crippen LogP contribution is 2.42. The highest BCUT2D eigenvalue weighted by atomic mass is 28.4. The molecular formula is C21H44O2Si. The Balaban J connectivity index is 3.93. The molecule has 24 heavy (non-hydrogen) atoms. The van der Waals surface area contributed by atoms with E-state index in [1.165, 1.54) is 25.7 Å². The minimum Gasteiger partial charge on any atom is -0.416 e. The number of hydrogen-bond donors (Lipinski definition) is 0. The maximum Gasteiger partial charge on any atom is 0.200 e. The van der Waals surface area contributed by atoms with Crippen LogP contribution in [0.5, 0.6) is 0 Å². The fraction of sp³-hybridized carbons (Fsp3) is 0.952. The van der Waals surface area contributed by atoms with Crippen LogP contribution in [0.4, 0.5) is 0 Å². The van der Waals surface area contributed by atoms with Gasteiger partial charge in [0.05, 0.1) is 0 Å². The van der Waals surface area contributed by atoms with Crippen LogP contribution in [-0.4, -0.2) is 20.7 Å². The predicted molar refractivity (Wildman–Crippen MR) is 109 cm³/mol. The van der Waals surface area contributed by atoms with E-state index in [0.717, 1.165) is 38.7 Å². The third kappa shape index (κ3) is 8.29. The van der Waals surface area contributed by atoms with E-state index >= 15 is 0 Å². The van der Waals surface area contributed by atoms with Crippen molar-refractivity contribution in [1.82, 2.24) is 0 Å². The Hall–Kier alpha value is -0.153. The van der Waals surface area contributed by atoms with Gasteiger partial charge in [-0.15, -0.1) is 0 Å². The number of unbranched alkanes of at least 4 members (excludes halogenated alkanes) is 5. The lowest BCUT2D eigenvalue weighted by Crippen LogP contribution is -2.47. The van der Waals surface area contributed by atoms with E-state index in [4.69, 9.17) is 4.43 Å². The lowest BCUT2D eigenvalue weighted by molar-refractivity contribution is -0.119. The normalized spacial score (nSPS) is 12.6. The molecule has 0 saturated carbocycles. The van der Waals surface area contributed by atoms with Crippen LogP contribution < -0.4 is 0 Å². The van der Waals surface area contributed by atoms with Gasteiger partial charge in [0.2, 0.25) is 0 Å². The third-order valence-corrected chi connectivity index (χ3v) is 11.6. The number of carbonyl (C=O) groups excluding carboxylic acids is 1. The topological polar surface area (TPSA) is 26.3 Å². The molecular weight excluding hydrogens is 312 g/mol. The second-order valence-corrected chi connectivity index (χ2v) is 13.8. The molecule has 0 spiro atoms. The SMILES string of the molecule is CCCCCC(=O)CCCCCCO[Si](C(C)C)(C(C)C)C(C)C. The minimum absolute atomic E-state index is 0.463. The van der Waals surface area contributed by atoms with Crippen molar-refractivity contribution < 1.29 is 9.22 Å². The van der Waals surface area contributed by atoms with E-state index in [9.17, 15) is 4.79 Å². The number of rotatable bonds is 15. The van der Waals surface area contributed by atoms with Crippen LogP contribution in [-0.2, 0) is 9.22 Å².